The van der Waals surface area contributed by atoms with E-state index in [1.54, 1.807) is 3.96 Å². The lowest BCUT2D eigenvalue weighted by atomic mass is 10.1. The first kappa shape index (κ1) is 15.2. The van der Waals surface area contributed by atoms with Crippen LogP contribution in [0.3, 0.4) is 0 Å². The zero-order valence-electron chi connectivity index (χ0n) is 12.5. The molecule has 1 heterocycles. The molecule has 0 bridgehead atoms. The standard InChI is InChI=1S/C14H18N4O2S/c1-5-17-14(20)18(13(21-17)16-12(19)15-4)11-9(2)7-6-8-10(11)3/h6-8H,5H2,1-4H3,(H,15,19)/b16-13-. The van der Waals surface area contributed by atoms with E-state index in [0.717, 1.165) is 16.8 Å². The van der Waals surface area contributed by atoms with Gasteiger partial charge in [0.05, 0.1) is 5.69 Å². The minimum absolute atomic E-state index is 0.178. The Kier molecular flexibility index (Phi) is 4.42. The van der Waals surface area contributed by atoms with Crippen molar-refractivity contribution in [1.82, 2.24) is 13.8 Å². The summed E-state index contributed by atoms with van der Waals surface area (Å²) in [6.07, 6.45) is 0. The van der Waals surface area contributed by atoms with Crippen LogP contribution in [-0.4, -0.2) is 21.6 Å². The Morgan fingerprint density at radius 1 is 1.33 bits per heavy atom. The molecule has 0 radical (unpaired) electrons. The molecular formula is C14H18N4O2S. The third-order valence-corrected chi connectivity index (χ3v) is 4.22. The average Bonchev–Trinajstić information content (AvgIpc) is 2.75. The highest BCUT2D eigenvalue weighted by atomic mass is 32.1. The summed E-state index contributed by atoms with van der Waals surface area (Å²) in [5.74, 6) is 0. The van der Waals surface area contributed by atoms with Gasteiger partial charge >= 0.3 is 11.7 Å². The number of hydrogen-bond donors (Lipinski definition) is 1. The number of amides is 2. The number of nitrogens with one attached hydrogen (secondary N) is 1. The monoisotopic (exact) mass is 306 g/mol. The Morgan fingerprint density at radius 3 is 2.48 bits per heavy atom. The van der Waals surface area contributed by atoms with Crippen LogP contribution in [0, 0.1) is 13.8 Å². The summed E-state index contributed by atoms with van der Waals surface area (Å²) in [5.41, 5.74) is 2.54. The van der Waals surface area contributed by atoms with Gasteiger partial charge in [0.1, 0.15) is 0 Å². The average molecular weight is 306 g/mol. The molecule has 2 rings (SSSR count). The molecule has 0 atom stereocenters. The van der Waals surface area contributed by atoms with E-state index in [-0.39, 0.29) is 5.69 Å². The van der Waals surface area contributed by atoms with Crippen molar-refractivity contribution < 1.29 is 4.79 Å². The van der Waals surface area contributed by atoms with E-state index >= 15 is 0 Å². The van der Waals surface area contributed by atoms with Crippen LogP contribution in [0.1, 0.15) is 18.1 Å². The minimum atomic E-state index is -0.473. The summed E-state index contributed by atoms with van der Waals surface area (Å²) >= 11 is 1.18. The molecule has 6 nitrogen and oxygen atoms in total. The lowest BCUT2D eigenvalue weighted by molar-refractivity contribution is 0.250. The molecule has 1 aromatic carbocycles. The Bertz CT molecular complexity index is 778. The molecule has 1 N–H and O–H groups in total. The van der Waals surface area contributed by atoms with E-state index in [1.165, 1.54) is 23.1 Å². The first-order valence-corrected chi connectivity index (χ1v) is 7.43. The molecule has 0 spiro atoms. The van der Waals surface area contributed by atoms with Crippen LogP contribution < -0.4 is 15.8 Å². The van der Waals surface area contributed by atoms with E-state index in [2.05, 4.69) is 10.3 Å². The number of rotatable bonds is 2. The van der Waals surface area contributed by atoms with Gasteiger partial charge in [0, 0.05) is 13.6 Å². The molecule has 112 valence electrons. The van der Waals surface area contributed by atoms with Crippen molar-refractivity contribution in [2.75, 3.05) is 7.05 Å². The minimum Gasteiger partial charge on any atom is -0.339 e. The Morgan fingerprint density at radius 2 is 1.95 bits per heavy atom. The fourth-order valence-corrected chi connectivity index (χ4v) is 3.00. The van der Waals surface area contributed by atoms with Crippen molar-refractivity contribution >= 4 is 17.6 Å². The molecule has 2 aromatic rings. The molecule has 1 aromatic heterocycles. The summed E-state index contributed by atoms with van der Waals surface area (Å²) in [7, 11) is 1.51. The fourth-order valence-electron chi connectivity index (χ4n) is 2.13. The summed E-state index contributed by atoms with van der Waals surface area (Å²) in [6.45, 7) is 6.30. The van der Waals surface area contributed by atoms with Crippen molar-refractivity contribution in [3.05, 3.63) is 44.6 Å². The number of hydrogen-bond acceptors (Lipinski definition) is 3. The second kappa shape index (κ2) is 6.09. The molecular weight excluding hydrogens is 288 g/mol. The fraction of sp³-hybridized carbons (Fsp3) is 0.357. The number of urea groups is 1. The van der Waals surface area contributed by atoms with Crippen LogP contribution in [0.5, 0.6) is 0 Å². The second-order valence-electron chi connectivity index (χ2n) is 4.59. The van der Waals surface area contributed by atoms with Crippen molar-refractivity contribution in [3.63, 3.8) is 0 Å². The highest BCUT2D eigenvalue weighted by Gasteiger charge is 2.14. The predicted octanol–water partition coefficient (Wildman–Crippen LogP) is 1.58. The quantitative estimate of drug-likeness (QED) is 0.915. The van der Waals surface area contributed by atoms with Gasteiger partial charge in [0.25, 0.3) is 0 Å². The highest BCUT2D eigenvalue weighted by molar-refractivity contribution is 7.03. The van der Waals surface area contributed by atoms with Gasteiger partial charge in [0.15, 0.2) is 0 Å². The molecule has 0 aliphatic carbocycles. The maximum absolute atomic E-state index is 12.5. The van der Waals surface area contributed by atoms with E-state index in [9.17, 15) is 9.59 Å². The largest absolute Gasteiger partial charge is 0.344 e. The van der Waals surface area contributed by atoms with Crippen LogP contribution in [0.4, 0.5) is 4.79 Å². The first-order chi connectivity index (χ1) is 9.99. The van der Waals surface area contributed by atoms with Crippen molar-refractivity contribution in [3.8, 4) is 5.69 Å². The molecule has 0 unspecified atom stereocenters. The summed E-state index contributed by atoms with van der Waals surface area (Å²) < 4.78 is 3.09. The molecule has 0 saturated carbocycles. The SMILES string of the molecule is CCn1s/c(=N\C(=O)NC)n(-c2c(C)cccc2C)c1=O. The maximum Gasteiger partial charge on any atom is 0.344 e. The zero-order chi connectivity index (χ0) is 15.6. The van der Waals surface area contributed by atoms with Crippen molar-refractivity contribution in [2.45, 2.75) is 27.3 Å². The second-order valence-corrected chi connectivity index (χ2v) is 5.58. The van der Waals surface area contributed by atoms with Gasteiger partial charge in [-0.05, 0) is 43.4 Å². The topological polar surface area (TPSA) is 68.4 Å². The van der Waals surface area contributed by atoms with Crippen LogP contribution in [0.2, 0.25) is 0 Å². The Hall–Kier alpha value is -2.15. The number of nitrogens with zero attached hydrogens (tertiary/aromatic N) is 3. The zero-order valence-corrected chi connectivity index (χ0v) is 13.3. The van der Waals surface area contributed by atoms with Crippen LogP contribution in [-0.2, 0) is 6.54 Å². The molecule has 0 aliphatic heterocycles. The Labute approximate surface area is 126 Å². The first-order valence-electron chi connectivity index (χ1n) is 6.65. The smallest absolute Gasteiger partial charge is 0.339 e. The highest BCUT2D eigenvalue weighted by Crippen LogP contribution is 2.16. The van der Waals surface area contributed by atoms with Gasteiger partial charge in [-0.3, -0.25) is 0 Å². The van der Waals surface area contributed by atoms with Crippen LogP contribution >= 0.6 is 11.5 Å². The number of benzene rings is 1. The van der Waals surface area contributed by atoms with Gasteiger partial charge in [0.2, 0.25) is 4.80 Å². The molecule has 2 amide bonds. The summed E-state index contributed by atoms with van der Waals surface area (Å²) in [5, 5.41) is 2.44. The lowest BCUT2D eigenvalue weighted by Gasteiger charge is -2.09. The summed E-state index contributed by atoms with van der Waals surface area (Å²) in [4.78, 5) is 28.4. The number of para-hydroxylation sites is 1. The van der Waals surface area contributed by atoms with Crippen molar-refractivity contribution in [2.24, 2.45) is 4.99 Å². The lowest BCUT2D eigenvalue weighted by Crippen LogP contribution is -2.30. The molecule has 0 fully saturated rings. The van der Waals surface area contributed by atoms with Gasteiger partial charge in [-0.15, -0.1) is 0 Å². The van der Waals surface area contributed by atoms with Crippen LogP contribution in [0.25, 0.3) is 5.69 Å². The number of carbonyl (C=O) groups is 1. The number of aryl methyl sites for hydroxylation is 3. The van der Waals surface area contributed by atoms with Gasteiger partial charge in [-0.2, -0.15) is 4.99 Å². The van der Waals surface area contributed by atoms with Crippen molar-refractivity contribution in [1.29, 1.82) is 0 Å². The number of carbonyl (C=O) groups excluding carboxylic acids is 1. The number of aromatic nitrogens is 2. The Balaban J connectivity index is 2.85. The molecule has 0 aliphatic rings. The van der Waals surface area contributed by atoms with Gasteiger partial charge in [-0.1, -0.05) is 18.2 Å². The molecule has 21 heavy (non-hydrogen) atoms. The third kappa shape index (κ3) is 2.82. The van der Waals surface area contributed by atoms with Crippen LogP contribution in [0.15, 0.2) is 28.0 Å². The maximum atomic E-state index is 12.5. The molecule has 0 saturated heterocycles. The predicted molar refractivity (Wildman–Crippen MR) is 83.1 cm³/mol. The normalized spacial score (nSPS) is 11.7. The van der Waals surface area contributed by atoms with E-state index in [4.69, 9.17) is 0 Å². The van der Waals surface area contributed by atoms with E-state index < -0.39 is 6.03 Å². The van der Waals surface area contributed by atoms with E-state index in [0.29, 0.717) is 11.3 Å². The summed E-state index contributed by atoms with van der Waals surface area (Å²) in [6, 6.07) is 5.34. The van der Waals surface area contributed by atoms with E-state index in [1.807, 2.05) is 39.0 Å². The molecule has 7 heteroatoms. The third-order valence-electron chi connectivity index (χ3n) is 3.15. The van der Waals surface area contributed by atoms with Gasteiger partial charge < -0.3 is 5.32 Å². The van der Waals surface area contributed by atoms with Gasteiger partial charge in [-0.25, -0.2) is 18.1 Å².